The van der Waals surface area contributed by atoms with Crippen molar-refractivity contribution in [2.24, 2.45) is 5.16 Å². The van der Waals surface area contributed by atoms with Gasteiger partial charge in [0.2, 0.25) is 0 Å². The van der Waals surface area contributed by atoms with Gasteiger partial charge in [-0.25, -0.2) is 9.59 Å². The first-order valence-corrected chi connectivity index (χ1v) is 8.30. The Labute approximate surface area is 161 Å². The van der Waals surface area contributed by atoms with Gasteiger partial charge < -0.3 is 33.4 Å². The fourth-order valence-electron chi connectivity index (χ4n) is 2.87. The summed E-state index contributed by atoms with van der Waals surface area (Å²) in [6.45, 7) is 1.86. The van der Waals surface area contributed by atoms with Crippen molar-refractivity contribution in [2.75, 3.05) is 7.11 Å². The number of carbonyl (C=O) groups is 2. The molecule has 11 heteroatoms. The van der Waals surface area contributed by atoms with E-state index in [9.17, 15) is 14.4 Å². The molecular weight excluding hydrogens is 390 g/mol. The molecule has 2 heterocycles. The van der Waals surface area contributed by atoms with E-state index >= 15 is 0 Å². The van der Waals surface area contributed by atoms with Crippen LogP contribution in [0.15, 0.2) is 37.0 Å². The fraction of sp³-hybridized carbons (Fsp3) is 0.222. The van der Waals surface area contributed by atoms with Gasteiger partial charge >= 0.3 is 12.3 Å². The number of fused-ring (bicyclic) bond motifs is 2. The van der Waals surface area contributed by atoms with Crippen molar-refractivity contribution in [3.8, 4) is 11.9 Å². The molecule has 0 fully saturated rings. The van der Waals surface area contributed by atoms with Gasteiger partial charge in [-0.2, -0.15) is 0 Å². The van der Waals surface area contributed by atoms with Gasteiger partial charge in [-0.1, -0.05) is 18.5 Å². The van der Waals surface area contributed by atoms with Crippen molar-refractivity contribution in [2.45, 2.75) is 19.8 Å². The molecule has 0 unspecified atom stereocenters. The molecule has 29 heavy (non-hydrogen) atoms. The quantitative estimate of drug-likeness (QED) is 0.367. The van der Waals surface area contributed by atoms with Crippen LogP contribution in [0.4, 0.5) is 9.59 Å². The van der Waals surface area contributed by atoms with Crippen LogP contribution in [0.5, 0.6) is 11.9 Å². The zero-order valence-electron chi connectivity index (χ0n) is 15.3. The molecule has 2 N–H and O–H groups in total. The van der Waals surface area contributed by atoms with Crippen molar-refractivity contribution >= 4 is 34.2 Å². The van der Waals surface area contributed by atoms with Crippen molar-refractivity contribution in [3.05, 3.63) is 39.3 Å². The molecule has 0 bridgehead atoms. The number of ether oxygens (including phenoxy) is 2. The number of hydrogen-bond donors (Lipinski definition) is 2. The second-order valence-electron chi connectivity index (χ2n) is 5.75. The summed E-state index contributed by atoms with van der Waals surface area (Å²) in [6, 6.07) is 3.53. The molecule has 2 aromatic heterocycles. The van der Waals surface area contributed by atoms with Crippen LogP contribution in [-0.4, -0.2) is 29.6 Å². The Morgan fingerprint density at radius 3 is 2.14 bits per heavy atom. The van der Waals surface area contributed by atoms with E-state index in [1.54, 1.807) is 0 Å². The van der Waals surface area contributed by atoms with Crippen molar-refractivity contribution in [1.29, 1.82) is 0 Å². The molecular formula is C18H15NO10. The van der Waals surface area contributed by atoms with Gasteiger partial charge in [0.25, 0.3) is 11.9 Å². The van der Waals surface area contributed by atoms with Crippen LogP contribution < -0.4 is 20.3 Å². The summed E-state index contributed by atoms with van der Waals surface area (Å²) in [5, 5.41) is 22.1. The summed E-state index contributed by atoms with van der Waals surface area (Å²) in [4.78, 5) is 39.0. The van der Waals surface area contributed by atoms with E-state index in [1.165, 1.54) is 19.2 Å². The molecule has 0 aliphatic heterocycles. The smallest absolute Gasteiger partial charge is 0.449 e. The minimum absolute atomic E-state index is 0.0442. The van der Waals surface area contributed by atoms with Gasteiger partial charge in [-0.05, 0) is 12.5 Å². The highest BCUT2D eigenvalue weighted by atomic mass is 16.7. The number of rotatable bonds is 5. The fourth-order valence-corrected chi connectivity index (χ4v) is 2.87. The molecule has 3 rings (SSSR count). The second kappa shape index (κ2) is 7.92. The van der Waals surface area contributed by atoms with E-state index in [0.29, 0.717) is 23.8 Å². The first kappa shape index (κ1) is 19.7. The molecule has 0 spiro atoms. The van der Waals surface area contributed by atoms with Crippen LogP contribution in [0.2, 0.25) is 0 Å². The number of hydrogen-bond acceptors (Lipinski definition) is 9. The van der Waals surface area contributed by atoms with Crippen LogP contribution in [-0.2, 0) is 11.3 Å². The third kappa shape index (κ3) is 3.98. The summed E-state index contributed by atoms with van der Waals surface area (Å²) < 4.78 is 20.1. The van der Waals surface area contributed by atoms with E-state index in [4.69, 9.17) is 23.9 Å². The van der Waals surface area contributed by atoms with Gasteiger partial charge in [0.1, 0.15) is 23.6 Å². The summed E-state index contributed by atoms with van der Waals surface area (Å²) in [6.07, 6.45) is -2.30. The topological polar surface area (TPSA) is 158 Å². The van der Waals surface area contributed by atoms with Gasteiger partial charge in [-0.15, -0.1) is 0 Å². The zero-order chi connectivity index (χ0) is 21.1. The van der Waals surface area contributed by atoms with Crippen LogP contribution in [0.3, 0.4) is 0 Å². The van der Waals surface area contributed by atoms with E-state index in [1.807, 2.05) is 6.92 Å². The monoisotopic (exact) mass is 405 g/mol. The largest absolute Gasteiger partial charge is 0.513 e. The van der Waals surface area contributed by atoms with Gasteiger partial charge in [-0.3, -0.25) is 4.79 Å². The minimum atomic E-state index is -1.65. The maximum atomic E-state index is 12.5. The number of benzene rings is 1. The highest BCUT2D eigenvalue weighted by molar-refractivity contribution is 5.96. The number of carboxylic acid groups (broad SMARTS) is 2. The van der Waals surface area contributed by atoms with Crippen LogP contribution in [0.1, 0.15) is 18.9 Å². The number of aryl methyl sites for hydroxylation is 1. The molecule has 152 valence electrons. The van der Waals surface area contributed by atoms with Crippen molar-refractivity contribution < 1.29 is 42.9 Å². The average Bonchev–Trinajstić information content (AvgIpc) is 2.62. The van der Waals surface area contributed by atoms with Crippen LogP contribution in [0.25, 0.3) is 21.9 Å². The predicted octanol–water partition coefficient (Wildman–Crippen LogP) is 3.07. The Kier molecular flexibility index (Phi) is 5.39. The molecule has 3 aromatic rings. The van der Waals surface area contributed by atoms with E-state index in [2.05, 4.69) is 14.6 Å². The first-order valence-electron chi connectivity index (χ1n) is 8.30. The van der Waals surface area contributed by atoms with Crippen LogP contribution >= 0.6 is 0 Å². The molecule has 0 saturated carbocycles. The molecule has 0 atom stereocenters. The van der Waals surface area contributed by atoms with Crippen molar-refractivity contribution in [1.82, 2.24) is 0 Å². The summed E-state index contributed by atoms with van der Waals surface area (Å²) in [7, 11) is 1.30. The Balaban J connectivity index is 2.47. The SMILES string of the molecule is CCCc1c2oc(OC(=O)O)cc(=O)c2cc2c(=NOC)cc(OC(=O)O)oc12. The molecule has 0 aliphatic carbocycles. The maximum absolute atomic E-state index is 12.5. The lowest BCUT2D eigenvalue weighted by Crippen LogP contribution is -2.12. The second-order valence-corrected chi connectivity index (χ2v) is 5.75. The molecule has 0 amide bonds. The maximum Gasteiger partial charge on any atom is 0.513 e. The van der Waals surface area contributed by atoms with Gasteiger partial charge in [0.15, 0.2) is 5.43 Å². The normalized spacial score (nSPS) is 11.6. The van der Waals surface area contributed by atoms with Gasteiger partial charge in [0, 0.05) is 17.0 Å². The molecule has 0 radical (unpaired) electrons. The lowest BCUT2D eigenvalue weighted by Gasteiger charge is -2.11. The molecule has 1 aromatic carbocycles. The zero-order valence-corrected chi connectivity index (χ0v) is 15.3. The third-order valence-corrected chi connectivity index (χ3v) is 3.84. The molecule has 0 saturated heterocycles. The minimum Gasteiger partial charge on any atom is -0.449 e. The average molecular weight is 405 g/mol. The lowest BCUT2D eigenvalue weighted by atomic mass is 10.0. The van der Waals surface area contributed by atoms with E-state index in [0.717, 1.165) is 6.07 Å². The predicted molar refractivity (Wildman–Crippen MR) is 96.1 cm³/mol. The van der Waals surface area contributed by atoms with Gasteiger partial charge in [0.05, 0.1) is 11.5 Å². The van der Waals surface area contributed by atoms with E-state index < -0.39 is 23.7 Å². The van der Waals surface area contributed by atoms with Crippen molar-refractivity contribution in [3.63, 3.8) is 0 Å². The Bertz CT molecular complexity index is 1240. The molecule has 11 nitrogen and oxygen atoms in total. The summed E-state index contributed by atoms with van der Waals surface area (Å²) in [5.41, 5.74) is 0.0273. The highest BCUT2D eigenvalue weighted by Gasteiger charge is 2.19. The number of nitrogens with zero attached hydrogens (tertiary/aromatic N) is 1. The Morgan fingerprint density at radius 1 is 1.00 bits per heavy atom. The molecule has 0 aliphatic rings. The van der Waals surface area contributed by atoms with E-state index in [-0.39, 0.29) is 27.9 Å². The lowest BCUT2D eigenvalue weighted by molar-refractivity contribution is 0.131. The third-order valence-electron chi connectivity index (χ3n) is 3.84. The standard InChI is InChI=1S/C18H15NO10/c1-3-4-8-15-9(11(19-25-2)6-13(26-15)28-17(21)22)5-10-12(20)7-14(27-16(8)10)29-18(23)24/h5-7H,3-4H2,1-2H3,(H,21,22)(H,23,24). The Morgan fingerprint density at radius 2 is 1.59 bits per heavy atom. The summed E-state index contributed by atoms with van der Waals surface area (Å²) >= 11 is 0. The Hall–Kier alpha value is -4.02. The summed E-state index contributed by atoms with van der Waals surface area (Å²) in [5.74, 6) is -0.885. The van der Waals surface area contributed by atoms with Crippen LogP contribution in [0, 0.1) is 0 Å². The first-order chi connectivity index (χ1) is 13.8. The highest BCUT2D eigenvalue weighted by Crippen LogP contribution is 2.31.